The number of alkyl halides is 7. The van der Waals surface area contributed by atoms with Crippen LogP contribution in [0, 0.1) is 11.6 Å². The Bertz CT molecular complexity index is 509. The summed E-state index contributed by atoms with van der Waals surface area (Å²) in [6.07, 6.45) is -14.5. The molecule has 9 heteroatoms. The fourth-order valence-electron chi connectivity index (χ4n) is 2.61. The monoisotopic (exact) mass is 353 g/mol. The molecule has 0 aromatic heterocycles. The fraction of sp³-hybridized carbons (Fsp3) is 0.643. The average Bonchev–Trinajstić information content (AvgIpc) is 2.38. The molecule has 1 unspecified atom stereocenters. The van der Waals surface area contributed by atoms with Gasteiger partial charge in [-0.2, -0.15) is 26.3 Å². The Kier molecular flexibility index (Phi) is 4.96. The zero-order valence-corrected chi connectivity index (χ0v) is 12.4. The van der Waals surface area contributed by atoms with E-state index < -0.39 is 53.0 Å². The van der Waals surface area contributed by atoms with E-state index in [-0.39, 0.29) is 12.5 Å². The fourth-order valence-corrected chi connectivity index (χ4v) is 2.61. The number of allylic oxidation sites excluding steroid dienone is 4. The van der Waals surface area contributed by atoms with Crippen LogP contribution >= 0.6 is 0 Å². The largest absolute Gasteiger partial charge is 0.436 e. The van der Waals surface area contributed by atoms with E-state index in [1.807, 2.05) is 0 Å². The van der Waals surface area contributed by atoms with E-state index in [0.29, 0.717) is 0 Å². The van der Waals surface area contributed by atoms with Gasteiger partial charge >= 0.3 is 18.0 Å². The molecule has 23 heavy (non-hydrogen) atoms. The summed E-state index contributed by atoms with van der Waals surface area (Å²) in [5, 5.41) is 0. The molecule has 1 aliphatic rings. The van der Waals surface area contributed by atoms with Crippen LogP contribution in [0.3, 0.4) is 0 Å². The highest BCUT2D eigenvalue weighted by molar-refractivity contribution is 5.49. The molecule has 133 valence electrons. The van der Waals surface area contributed by atoms with Crippen LogP contribution in [-0.2, 0) is 0 Å². The first-order valence-electron chi connectivity index (χ1n) is 6.59. The molecular formula is C14H14F9. The van der Waals surface area contributed by atoms with Gasteiger partial charge < -0.3 is 0 Å². The van der Waals surface area contributed by atoms with Crippen LogP contribution in [0.4, 0.5) is 39.5 Å². The van der Waals surface area contributed by atoms with E-state index in [0.717, 1.165) is 13.8 Å². The van der Waals surface area contributed by atoms with E-state index in [1.165, 1.54) is 6.92 Å². The lowest BCUT2D eigenvalue weighted by Gasteiger charge is -2.39. The number of hydrogen-bond donors (Lipinski definition) is 0. The van der Waals surface area contributed by atoms with Crippen molar-refractivity contribution >= 4 is 0 Å². The highest BCUT2D eigenvalue weighted by atomic mass is 19.4. The van der Waals surface area contributed by atoms with Gasteiger partial charge in [-0.15, -0.1) is 0 Å². The standard InChI is InChI=1S/C14H14F9/c1-4-5-11(3)9(15)7(2)6-8(10(11)16)12(17,13(18,19)20)14(21,22)23/h6H,4-5H2,1-3H3. The molecule has 1 atom stereocenters. The molecule has 0 saturated carbocycles. The van der Waals surface area contributed by atoms with Crippen molar-refractivity contribution in [3.8, 4) is 0 Å². The topological polar surface area (TPSA) is 0 Å². The van der Waals surface area contributed by atoms with Crippen molar-refractivity contribution in [2.24, 2.45) is 5.41 Å². The maximum Gasteiger partial charge on any atom is 0.436 e. The van der Waals surface area contributed by atoms with E-state index in [4.69, 9.17) is 0 Å². The van der Waals surface area contributed by atoms with Crippen LogP contribution in [0.25, 0.3) is 0 Å². The summed E-state index contributed by atoms with van der Waals surface area (Å²) >= 11 is 0. The van der Waals surface area contributed by atoms with Crippen LogP contribution in [-0.4, -0.2) is 18.0 Å². The Morgan fingerprint density at radius 2 is 1.39 bits per heavy atom. The lowest BCUT2D eigenvalue weighted by atomic mass is 9.70. The second kappa shape index (κ2) is 5.73. The molecule has 1 rings (SSSR count). The van der Waals surface area contributed by atoms with Gasteiger partial charge in [0.1, 0.15) is 5.83 Å². The van der Waals surface area contributed by atoms with Crippen LogP contribution in [0.5, 0.6) is 0 Å². The van der Waals surface area contributed by atoms with Gasteiger partial charge in [0, 0.05) is 5.57 Å². The molecular weight excluding hydrogens is 339 g/mol. The lowest BCUT2D eigenvalue weighted by molar-refractivity contribution is -0.326. The minimum Gasteiger partial charge on any atom is -0.234 e. The molecule has 1 aliphatic carbocycles. The Morgan fingerprint density at radius 3 is 1.74 bits per heavy atom. The number of halogens is 9. The molecule has 0 heterocycles. The third-order valence-corrected chi connectivity index (χ3v) is 3.81. The average molecular weight is 353 g/mol. The Balaban J connectivity index is 3.75. The van der Waals surface area contributed by atoms with Gasteiger partial charge in [-0.3, -0.25) is 0 Å². The van der Waals surface area contributed by atoms with Crippen molar-refractivity contribution in [1.82, 2.24) is 0 Å². The molecule has 0 fully saturated rings. The first-order chi connectivity index (χ1) is 10.1. The van der Waals surface area contributed by atoms with E-state index in [9.17, 15) is 39.5 Å². The summed E-state index contributed by atoms with van der Waals surface area (Å²) in [7, 11) is 0. The summed E-state index contributed by atoms with van der Waals surface area (Å²) in [5.74, 6) is -2.10. The second-order valence-corrected chi connectivity index (χ2v) is 5.61. The van der Waals surface area contributed by atoms with Crippen LogP contribution in [0.15, 0.2) is 23.0 Å². The predicted molar refractivity (Wildman–Crippen MR) is 65.2 cm³/mol. The summed E-state index contributed by atoms with van der Waals surface area (Å²) in [6.45, 7) is 3.11. The minimum absolute atomic E-state index is 0.0647. The zero-order chi connectivity index (χ0) is 18.4. The van der Waals surface area contributed by atoms with Crippen molar-refractivity contribution < 1.29 is 39.5 Å². The Hall–Kier alpha value is -1.15. The molecule has 0 amide bonds. The van der Waals surface area contributed by atoms with E-state index >= 15 is 0 Å². The quantitative estimate of drug-likeness (QED) is 0.522. The van der Waals surface area contributed by atoms with Gasteiger partial charge in [-0.25, -0.2) is 13.2 Å². The highest BCUT2D eigenvalue weighted by Gasteiger charge is 2.75. The maximum absolute atomic E-state index is 14.4. The second-order valence-electron chi connectivity index (χ2n) is 5.61. The predicted octanol–water partition coefficient (Wildman–Crippen LogP) is 6.31. The Morgan fingerprint density at radius 1 is 0.957 bits per heavy atom. The number of hydrogen-bond acceptors (Lipinski definition) is 0. The first-order valence-corrected chi connectivity index (χ1v) is 6.59. The summed E-state index contributed by atoms with van der Waals surface area (Å²) in [6, 6.07) is 0. The summed E-state index contributed by atoms with van der Waals surface area (Å²) in [5.41, 5.74) is -11.2. The summed E-state index contributed by atoms with van der Waals surface area (Å²) in [4.78, 5) is 0. The lowest BCUT2D eigenvalue weighted by Crippen LogP contribution is -2.55. The van der Waals surface area contributed by atoms with Crippen molar-refractivity contribution in [1.29, 1.82) is 0 Å². The third-order valence-electron chi connectivity index (χ3n) is 3.81. The first kappa shape index (κ1) is 19.9. The molecule has 0 aromatic rings. The van der Waals surface area contributed by atoms with Crippen molar-refractivity contribution in [3.63, 3.8) is 0 Å². The third kappa shape index (κ3) is 2.87. The highest BCUT2D eigenvalue weighted by Crippen LogP contribution is 2.58. The van der Waals surface area contributed by atoms with Gasteiger partial charge in [-0.05, 0) is 25.8 Å². The van der Waals surface area contributed by atoms with Crippen LogP contribution in [0.1, 0.15) is 33.6 Å². The van der Waals surface area contributed by atoms with Gasteiger partial charge in [0.25, 0.3) is 0 Å². The van der Waals surface area contributed by atoms with Crippen LogP contribution < -0.4 is 0 Å². The molecule has 0 aliphatic heterocycles. The van der Waals surface area contributed by atoms with Crippen molar-refractivity contribution in [3.05, 3.63) is 29.2 Å². The smallest absolute Gasteiger partial charge is 0.234 e. The van der Waals surface area contributed by atoms with E-state index in [2.05, 4.69) is 0 Å². The van der Waals surface area contributed by atoms with Crippen molar-refractivity contribution in [2.45, 2.75) is 51.6 Å². The molecule has 1 radical (unpaired) electrons. The van der Waals surface area contributed by atoms with Gasteiger partial charge in [-0.1, -0.05) is 19.4 Å². The number of rotatable bonds is 3. The molecule has 0 spiro atoms. The van der Waals surface area contributed by atoms with Gasteiger partial charge in [0.05, 0.1) is 5.41 Å². The summed E-state index contributed by atoms with van der Waals surface area (Å²) < 4.78 is 119. The molecule has 0 saturated heterocycles. The Labute approximate surface area is 127 Å². The van der Waals surface area contributed by atoms with Crippen LogP contribution in [0.2, 0.25) is 0 Å². The van der Waals surface area contributed by atoms with Gasteiger partial charge in [0.15, 0.2) is 6.17 Å². The normalized spacial score (nSPS) is 25.0. The zero-order valence-electron chi connectivity index (χ0n) is 12.4. The molecule has 0 bridgehead atoms. The molecule has 0 aromatic carbocycles. The SMILES string of the molecule is CCCC1(C)[C](F)C(C)=CC(C(F)(C(F)(F)F)C(F)(F)F)=C1F. The van der Waals surface area contributed by atoms with E-state index in [1.54, 1.807) is 0 Å². The maximum atomic E-state index is 14.4. The van der Waals surface area contributed by atoms with Gasteiger partial charge in [0.2, 0.25) is 0 Å². The minimum atomic E-state index is -6.45. The molecule has 0 nitrogen and oxygen atoms in total. The molecule has 0 N–H and O–H groups in total. The van der Waals surface area contributed by atoms with Crippen molar-refractivity contribution in [2.75, 3.05) is 0 Å².